The van der Waals surface area contributed by atoms with Gasteiger partial charge in [0, 0.05) is 36.6 Å². The predicted molar refractivity (Wildman–Crippen MR) is 82.8 cm³/mol. The van der Waals surface area contributed by atoms with Gasteiger partial charge in [-0.15, -0.1) is 11.3 Å². The smallest absolute Gasteiger partial charge is 0.0702 e. The molecule has 1 saturated heterocycles. The average Bonchev–Trinajstić information content (AvgIpc) is 2.87. The lowest BCUT2D eigenvalue weighted by molar-refractivity contribution is -0.00246. The van der Waals surface area contributed by atoms with Gasteiger partial charge in [0.2, 0.25) is 0 Å². The second-order valence-electron chi connectivity index (χ2n) is 5.22. The second-order valence-corrected chi connectivity index (χ2v) is 6.22. The maximum atomic E-state index is 8.77. The van der Waals surface area contributed by atoms with Crippen molar-refractivity contribution >= 4 is 11.3 Å². The zero-order chi connectivity index (χ0) is 14.2. The summed E-state index contributed by atoms with van der Waals surface area (Å²) in [6, 6.07) is 2.06. The molecule has 20 heavy (non-hydrogen) atoms. The molecule has 0 saturated carbocycles. The number of hydrogen-bond acceptors (Lipinski definition) is 4. The highest BCUT2D eigenvalue weighted by Gasteiger charge is 2.16. The van der Waals surface area contributed by atoms with Gasteiger partial charge in [-0.3, -0.25) is 4.90 Å². The van der Waals surface area contributed by atoms with Gasteiger partial charge in [-0.1, -0.05) is 11.8 Å². The molecule has 1 aromatic heterocycles. The lowest BCUT2D eigenvalue weighted by Crippen LogP contribution is -2.33. The summed E-state index contributed by atoms with van der Waals surface area (Å²) in [6.07, 6.45) is 4.60. The molecule has 1 N–H and O–H groups in total. The minimum absolute atomic E-state index is 0.130. The number of rotatable bonds is 5. The molecule has 0 aromatic carbocycles. The van der Waals surface area contributed by atoms with Crippen LogP contribution in [0, 0.1) is 11.8 Å². The van der Waals surface area contributed by atoms with Gasteiger partial charge in [-0.2, -0.15) is 0 Å². The van der Waals surface area contributed by atoms with Crippen molar-refractivity contribution in [3.05, 3.63) is 21.9 Å². The summed E-state index contributed by atoms with van der Waals surface area (Å²) in [5, 5.41) is 10.9. The van der Waals surface area contributed by atoms with E-state index in [1.807, 2.05) is 0 Å². The third kappa shape index (κ3) is 4.92. The topological polar surface area (TPSA) is 32.7 Å². The molecule has 3 nitrogen and oxygen atoms in total. The van der Waals surface area contributed by atoms with Crippen molar-refractivity contribution in [2.45, 2.75) is 38.3 Å². The van der Waals surface area contributed by atoms with Crippen LogP contribution in [-0.4, -0.2) is 42.9 Å². The molecule has 110 valence electrons. The molecular formula is C16H23NO2S. The summed E-state index contributed by atoms with van der Waals surface area (Å²) < 4.78 is 5.78. The van der Waals surface area contributed by atoms with Crippen molar-refractivity contribution in [2.24, 2.45) is 0 Å². The van der Waals surface area contributed by atoms with E-state index in [2.05, 4.69) is 35.2 Å². The lowest BCUT2D eigenvalue weighted by Gasteiger charge is -2.27. The molecule has 0 amide bonds. The average molecular weight is 293 g/mol. The largest absolute Gasteiger partial charge is 0.395 e. The van der Waals surface area contributed by atoms with Crippen LogP contribution in [0.5, 0.6) is 0 Å². The predicted octanol–water partition coefficient (Wildman–Crippen LogP) is 2.48. The molecule has 0 spiro atoms. The van der Waals surface area contributed by atoms with Crippen molar-refractivity contribution in [1.29, 1.82) is 0 Å². The Morgan fingerprint density at radius 3 is 3.15 bits per heavy atom. The standard InChI is InChI=1S/C16H23NO2S/c1-17(12-15-7-3-5-10-19-15)13-16-14(8-11-20-16)6-2-4-9-18/h8,11,15,18H,3-5,7,9-10,12-13H2,1H3. The van der Waals surface area contributed by atoms with Gasteiger partial charge in [0.25, 0.3) is 0 Å². The van der Waals surface area contributed by atoms with Gasteiger partial charge in [0.1, 0.15) is 0 Å². The van der Waals surface area contributed by atoms with Gasteiger partial charge in [-0.25, -0.2) is 0 Å². The van der Waals surface area contributed by atoms with Crippen molar-refractivity contribution < 1.29 is 9.84 Å². The Morgan fingerprint density at radius 1 is 1.50 bits per heavy atom. The highest BCUT2D eigenvalue weighted by atomic mass is 32.1. The second kappa shape index (κ2) is 8.43. The molecule has 1 unspecified atom stereocenters. The Kier molecular flexibility index (Phi) is 6.55. The van der Waals surface area contributed by atoms with Crippen LogP contribution in [-0.2, 0) is 11.3 Å². The van der Waals surface area contributed by atoms with E-state index >= 15 is 0 Å². The number of aliphatic hydroxyl groups excluding tert-OH is 1. The van der Waals surface area contributed by atoms with E-state index in [-0.39, 0.29) is 6.61 Å². The van der Waals surface area contributed by atoms with Crippen LogP contribution in [0.25, 0.3) is 0 Å². The van der Waals surface area contributed by atoms with Gasteiger partial charge in [-0.05, 0) is 37.8 Å². The van der Waals surface area contributed by atoms with E-state index in [9.17, 15) is 0 Å². The number of thiophene rings is 1. The maximum Gasteiger partial charge on any atom is 0.0702 e. The third-order valence-electron chi connectivity index (χ3n) is 3.41. The zero-order valence-corrected chi connectivity index (χ0v) is 12.9. The normalized spacial score (nSPS) is 18.9. The number of nitrogens with zero attached hydrogens (tertiary/aromatic N) is 1. The molecule has 1 aliphatic heterocycles. The monoisotopic (exact) mass is 293 g/mol. The fraction of sp³-hybridized carbons (Fsp3) is 0.625. The summed E-state index contributed by atoms with van der Waals surface area (Å²) in [7, 11) is 2.14. The molecule has 1 aliphatic rings. The molecule has 1 atom stereocenters. The molecule has 0 radical (unpaired) electrons. The maximum absolute atomic E-state index is 8.77. The molecular weight excluding hydrogens is 270 g/mol. The van der Waals surface area contributed by atoms with Crippen LogP contribution < -0.4 is 0 Å². The van der Waals surface area contributed by atoms with Gasteiger partial charge in [0.05, 0.1) is 12.7 Å². The lowest BCUT2D eigenvalue weighted by atomic mass is 10.1. The van der Waals surface area contributed by atoms with Crippen LogP contribution in [0.1, 0.15) is 36.1 Å². The van der Waals surface area contributed by atoms with E-state index < -0.39 is 0 Å². The first-order chi connectivity index (χ1) is 9.79. The van der Waals surface area contributed by atoms with E-state index in [0.717, 1.165) is 25.3 Å². The quantitative estimate of drug-likeness (QED) is 0.847. The number of hydrogen-bond donors (Lipinski definition) is 1. The number of ether oxygens (including phenoxy) is 1. The van der Waals surface area contributed by atoms with Gasteiger partial charge in [0.15, 0.2) is 0 Å². The summed E-state index contributed by atoms with van der Waals surface area (Å²) in [5.41, 5.74) is 1.10. The summed E-state index contributed by atoms with van der Waals surface area (Å²) in [5.74, 6) is 6.14. The summed E-state index contributed by atoms with van der Waals surface area (Å²) >= 11 is 1.75. The first-order valence-corrected chi connectivity index (χ1v) is 8.14. The number of likely N-dealkylation sites (N-methyl/N-ethyl adjacent to an activating group) is 1. The summed E-state index contributed by atoms with van der Waals surface area (Å²) in [4.78, 5) is 3.62. The molecule has 2 heterocycles. The van der Waals surface area contributed by atoms with E-state index in [0.29, 0.717) is 12.5 Å². The SMILES string of the molecule is CN(Cc1sccc1C#CCCO)CC1CCCCO1. The molecule has 4 heteroatoms. The van der Waals surface area contributed by atoms with Gasteiger partial charge < -0.3 is 9.84 Å². The molecule has 0 aliphatic carbocycles. The molecule has 1 fully saturated rings. The Morgan fingerprint density at radius 2 is 2.40 bits per heavy atom. The van der Waals surface area contributed by atoms with Crippen LogP contribution in [0.2, 0.25) is 0 Å². The number of aliphatic hydroxyl groups is 1. The third-order valence-corrected chi connectivity index (χ3v) is 4.31. The minimum atomic E-state index is 0.130. The van der Waals surface area contributed by atoms with Crippen molar-refractivity contribution in [3.8, 4) is 11.8 Å². The highest BCUT2D eigenvalue weighted by molar-refractivity contribution is 7.10. The zero-order valence-electron chi connectivity index (χ0n) is 12.1. The Hall–Kier alpha value is -0.860. The van der Waals surface area contributed by atoms with Crippen molar-refractivity contribution in [1.82, 2.24) is 4.90 Å². The highest BCUT2D eigenvalue weighted by Crippen LogP contribution is 2.19. The van der Waals surface area contributed by atoms with Crippen LogP contribution in [0.3, 0.4) is 0 Å². The minimum Gasteiger partial charge on any atom is -0.395 e. The fourth-order valence-corrected chi connectivity index (χ4v) is 3.31. The van der Waals surface area contributed by atoms with Crippen LogP contribution in [0.4, 0.5) is 0 Å². The van der Waals surface area contributed by atoms with E-state index in [4.69, 9.17) is 9.84 Å². The van der Waals surface area contributed by atoms with E-state index in [1.54, 1.807) is 11.3 Å². The Balaban J connectivity index is 1.86. The van der Waals surface area contributed by atoms with Crippen LogP contribution in [0.15, 0.2) is 11.4 Å². The summed E-state index contributed by atoms with van der Waals surface area (Å²) in [6.45, 7) is 2.95. The first kappa shape index (κ1) is 15.5. The van der Waals surface area contributed by atoms with Crippen LogP contribution >= 0.6 is 11.3 Å². The molecule has 2 rings (SSSR count). The van der Waals surface area contributed by atoms with Gasteiger partial charge >= 0.3 is 0 Å². The Labute approximate surface area is 125 Å². The fourth-order valence-electron chi connectivity index (χ4n) is 2.40. The molecule has 0 bridgehead atoms. The Bertz CT molecular complexity index is 455. The van der Waals surface area contributed by atoms with Crippen molar-refractivity contribution in [2.75, 3.05) is 26.8 Å². The molecule has 1 aromatic rings. The van der Waals surface area contributed by atoms with Crippen molar-refractivity contribution in [3.63, 3.8) is 0 Å². The van der Waals surface area contributed by atoms with E-state index in [1.165, 1.54) is 24.1 Å². The first-order valence-electron chi connectivity index (χ1n) is 7.26.